The molecule has 4 heteroatoms. The largest absolute Gasteiger partial charge is 0.396 e. The Balaban J connectivity index is 2.37. The number of hydrogen-bond donors (Lipinski definition) is 2. The minimum Gasteiger partial charge on any atom is -0.396 e. The average molecular weight is 208 g/mol. The van der Waals surface area contributed by atoms with E-state index in [1.807, 2.05) is 6.92 Å². The maximum Gasteiger partial charge on any atom is 0.269 e. The molecule has 1 amide bonds. The van der Waals surface area contributed by atoms with Crippen LogP contribution in [0.2, 0.25) is 0 Å². The lowest BCUT2D eigenvalue weighted by atomic mass is 10.1. The van der Waals surface area contributed by atoms with Crippen LogP contribution in [0.15, 0.2) is 24.4 Å². The van der Waals surface area contributed by atoms with E-state index in [0.29, 0.717) is 18.7 Å². The van der Waals surface area contributed by atoms with Gasteiger partial charge >= 0.3 is 0 Å². The van der Waals surface area contributed by atoms with Gasteiger partial charge in [-0.3, -0.25) is 9.78 Å². The van der Waals surface area contributed by atoms with Crippen LogP contribution in [-0.4, -0.2) is 29.1 Å². The SMILES string of the molecule is CC(CCO)CNC(=O)c1ccccn1. The van der Waals surface area contributed by atoms with E-state index in [2.05, 4.69) is 10.3 Å². The normalized spacial score (nSPS) is 12.1. The van der Waals surface area contributed by atoms with Crippen molar-refractivity contribution in [3.05, 3.63) is 30.1 Å². The van der Waals surface area contributed by atoms with Gasteiger partial charge in [0.15, 0.2) is 0 Å². The van der Waals surface area contributed by atoms with Crippen molar-refractivity contribution in [2.45, 2.75) is 13.3 Å². The first-order valence-electron chi connectivity index (χ1n) is 5.04. The summed E-state index contributed by atoms with van der Waals surface area (Å²) in [6.45, 7) is 2.70. The molecule has 0 aliphatic heterocycles. The predicted molar refractivity (Wildman–Crippen MR) is 57.4 cm³/mol. The van der Waals surface area contributed by atoms with E-state index >= 15 is 0 Å². The molecule has 0 spiro atoms. The van der Waals surface area contributed by atoms with Gasteiger partial charge in [-0.05, 0) is 24.5 Å². The molecule has 4 nitrogen and oxygen atoms in total. The molecule has 0 saturated heterocycles. The lowest BCUT2D eigenvalue weighted by molar-refractivity contribution is 0.0940. The highest BCUT2D eigenvalue weighted by Crippen LogP contribution is 1.99. The van der Waals surface area contributed by atoms with Crippen molar-refractivity contribution in [3.8, 4) is 0 Å². The third-order valence-electron chi connectivity index (χ3n) is 2.13. The molecule has 0 aliphatic rings. The van der Waals surface area contributed by atoms with Gasteiger partial charge in [-0.2, -0.15) is 0 Å². The summed E-state index contributed by atoms with van der Waals surface area (Å²) in [6, 6.07) is 5.22. The van der Waals surface area contributed by atoms with Crippen LogP contribution in [0, 0.1) is 5.92 Å². The van der Waals surface area contributed by atoms with Gasteiger partial charge in [0.2, 0.25) is 0 Å². The van der Waals surface area contributed by atoms with Crippen LogP contribution in [0.5, 0.6) is 0 Å². The highest BCUT2D eigenvalue weighted by Gasteiger charge is 2.07. The first kappa shape index (κ1) is 11.7. The van der Waals surface area contributed by atoms with Crippen molar-refractivity contribution in [2.24, 2.45) is 5.92 Å². The standard InChI is InChI=1S/C11H16N2O2/c1-9(5-7-14)8-13-11(15)10-4-2-3-6-12-10/h2-4,6,9,14H,5,7-8H2,1H3,(H,13,15). The van der Waals surface area contributed by atoms with Gasteiger partial charge < -0.3 is 10.4 Å². The Labute approximate surface area is 89.3 Å². The first-order chi connectivity index (χ1) is 7.24. The van der Waals surface area contributed by atoms with E-state index in [1.165, 1.54) is 0 Å². The van der Waals surface area contributed by atoms with Crippen LogP contribution >= 0.6 is 0 Å². The van der Waals surface area contributed by atoms with E-state index in [0.717, 1.165) is 0 Å². The van der Waals surface area contributed by atoms with Crippen LogP contribution in [0.25, 0.3) is 0 Å². The predicted octanol–water partition coefficient (Wildman–Crippen LogP) is 0.830. The maximum atomic E-state index is 11.5. The topological polar surface area (TPSA) is 62.2 Å². The molecule has 0 bridgehead atoms. The number of aliphatic hydroxyl groups excluding tert-OH is 1. The zero-order valence-corrected chi connectivity index (χ0v) is 8.81. The van der Waals surface area contributed by atoms with Gasteiger partial charge in [0.25, 0.3) is 5.91 Å². The molecule has 1 unspecified atom stereocenters. The van der Waals surface area contributed by atoms with Gasteiger partial charge in [-0.1, -0.05) is 13.0 Å². The minimum atomic E-state index is -0.166. The number of amides is 1. The number of aliphatic hydroxyl groups is 1. The fourth-order valence-corrected chi connectivity index (χ4v) is 1.18. The molecule has 1 aromatic rings. The Hall–Kier alpha value is -1.42. The third kappa shape index (κ3) is 4.08. The fourth-order valence-electron chi connectivity index (χ4n) is 1.18. The van der Waals surface area contributed by atoms with Gasteiger partial charge in [-0.15, -0.1) is 0 Å². The molecule has 1 heterocycles. The van der Waals surface area contributed by atoms with E-state index in [4.69, 9.17) is 5.11 Å². The number of carbonyl (C=O) groups excluding carboxylic acids is 1. The van der Waals surface area contributed by atoms with Crippen LogP contribution in [0.3, 0.4) is 0 Å². The first-order valence-corrected chi connectivity index (χ1v) is 5.04. The van der Waals surface area contributed by atoms with Crippen molar-refractivity contribution in [3.63, 3.8) is 0 Å². The zero-order valence-electron chi connectivity index (χ0n) is 8.81. The quantitative estimate of drug-likeness (QED) is 0.753. The molecule has 2 N–H and O–H groups in total. The number of hydrogen-bond acceptors (Lipinski definition) is 3. The Morgan fingerprint density at radius 3 is 3.00 bits per heavy atom. The molecule has 1 atom stereocenters. The van der Waals surface area contributed by atoms with Crippen molar-refractivity contribution in [1.29, 1.82) is 0 Å². The Kier molecular flexibility index (Phi) is 4.77. The second-order valence-electron chi connectivity index (χ2n) is 3.54. The van der Waals surface area contributed by atoms with Gasteiger partial charge in [-0.25, -0.2) is 0 Å². The molecule has 0 fully saturated rings. The Morgan fingerprint density at radius 2 is 2.40 bits per heavy atom. The lowest BCUT2D eigenvalue weighted by Crippen LogP contribution is -2.29. The fraction of sp³-hybridized carbons (Fsp3) is 0.455. The zero-order chi connectivity index (χ0) is 11.1. The molecule has 0 aromatic carbocycles. The number of nitrogens with zero attached hydrogens (tertiary/aromatic N) is 1. The highest BCUT2D eigenvalue weighted by atomic mass is 16.3. The van der Waals surface area contributed by atoms with Crippen molar-refractivity contribution >= 4 is 5.91 Å². The van der Waals surface area contributed by atoms with Crippen molar-refractivity contribution in [1.82, 2.24) is 10.3 Å². The highest BCUT2D eigenvalue weighted by molar-refractivity contribution is 5.92. The van der Waals surface area contributed by atoms with Gasteiger partial charge in [0.1, 0.15) is 5.69 Å². The van der Waals surface area contributed by atoms with E-state index in [1.54, 1.807) is 24.4 Å². The Bertz CT molecular complexity index is 301. The van der Waals surface area contributed by atoms with Crippen LogP contribution in [0.4, 0.5) is 0 Å². The van der Waals surface area contributed by atoms with Crippen LogP contribution in [-0.2, 0) is 0 Å². The summed E-state index contributed by atoms with van der Waals surface area (Å²) in [5.74, 6) is 0.114. The molecule has 1 aromatic heterocycles. The average Bonchev–Trinajstić information content (AvgIpc) is 2.27. The smallest absolute Gasteiger partial charge is 0.269 e. The lowest BCUT2D eigenvalue weighted by Gasteiger charge is -2.10. The second kappa shape index (κ2) is 6.14. The number of aromatic nitrogens is 1. The summed E-state index contributed by atoms with van der Waals surface area (Å²) >= 11 is 0. The third-order valence-corrected chi connectivity index (χ3v) is 2.13. The maximum absolute atomic E-state index is 11.5. The summed E-state index contributed by atoms with van der Waals surface area (Å²) in [5, 5.41) is 11.5. The number of pyridine rings is 1. The van der Waals surface area contributed by atoms with Gasteiger partial charge in [0.05, 0.1) is 0 Å². The molecule has 0 saturated carbocycles. The van der Waals surface area contributed by atoms with Crippen LogP contribution < -0.4 is 5.32 Å². The summed E-state index contributed by atoms with van der Waals surface area (Å²) < 4.78 is 0. The summed E-state index contributed by atoms with van der Waals surface area (Å²) in [4.78, 5) is 15.5. The van der Waals surface area contributed by atoms with E-state index in [9.17, 15) is 4.79 Å². The molecule has 15 heavy (non-hydrogen) atoms. The molecule has 0 radical (unpaired) electrons. The molecular formula is C11H16N2O2. The monoisotopic (exact) mass is 208 g/mol. The van der Waals surface area contributed by atoms with Crippen LogP contribution in [0.1, 0.15) is 23.8 Å². The second-order valence-corrected chi connectivity index (χ2v) is 3.54. The Morgan fingerprint density at radius 1 is 1.60 bits per heavy atom. The minimum absolute atomic E-state index is 0.153. The summed E-state index contributed by atoms with van der Waals surface area (Å²) in [6.07, 6.45) is 2.29. The van der Waals surface area contributed by atoms with E-state index in [-0.39, 0.29) is 18.4 Å². The molecule has 1 rings (SSSR count). The molecule has 82 valence electrons. The van der Waals surface area contributed by atoms with Crippen molar-refractivity contribution < 1.29 is 9.90 Å². The number of carbonyl (C=O) groups is 1. The number of rotatable bonds is 5. The summed E-state index contributed by atoms with van der Waals surface area (Å²) in [5.41, 5.74) is 0.425. The molecule has 0 aliphatic carbocycles. The van der Waals surface area contributed by atoms with Gasteiger partial charge in [0, 0.05) is 19.3 Å². The number of nitrogens with one attached hydrogen (secondary N) is 1. The summed E-state index contributed by atoms with van der Waals surface area (Å²) in [7, 11) is 0. The van der Waals surface area contributed by atoms with Crippen molar-refractivity contribution in [2.75, 3.05) is 13.2 Å². The van der Waals surface area contributed by atoms with E-state index < -0.39 is 0 Å². The molecular weight excluding hydrogens is 192 g/mol.